The Bertz CT molecular complexity index is 583. The minimum absolute atomic E-state index is 0.0946. The highest BCUT2D eigenvalue weighted by molar-refractivity contribution is 7.98. The largest absolute Gasteiger partial charge is 0.497 e. The summed E-state index contributed by atoms with van der Waals surface area (Å²) in [6.45, 7) is 0.601. The Hall–Kier alpha value is -1.69. The highest BCUT2D eigenvalue weighted by atomic mass is 32.2. The molecule has 108 valence electrons. The van der Waals surface area contributed by atoms with Gasteiger partial charge in [-0.15, -0.1) is 0 Å². The fourth-order valence-electron chi connectivity index (χ4n) is 1.89. The average Bonchev–Trinajstić information content (AvgIpc) is 2.86. The monoisotopic (exact) mass is 293 g/mol. The number of H-pyrrole nitrogens is 1. The van der Waals surface area contributed by atoms with E-state index >= 15 is 0 Å². The summed E-state index contributed by atoms with van der Waals surface area (Å²) in [5.74, 6) is 2.63. The number of thioether (sulfide) groups is 1. The zero-order chi connectivity index (χ0) is 14.4. The quantitative estimate of drug-likeness (QED) is 0.819. The first kappa shape index (κ1) is 14.7. The van der Waals surface area contributed by atoms with Crippen molar-refractivity contribution >= 4 is 28.7 Å². The van der Waals surface area contributed by atoms with Crippen molar-refractivity contribution in [1.29, 1.82) is 0 Å². The molecule has 1 amide bonds. The summed E-state index contributed by atoms with van der Waals surface area (Å²) in [6, 6.07) is 5.73. The maximum atomic E-state index is 11.5. The number of ether oxygens (including phenoxy) is 1. The summed E-state index contributed by atoms with van der Waals surface area (Å²) >= 11 is 1.68. The Morgan fingerprint density at radius 3 is 3.10 bits per heavy atom. The molecule has 0 atom stereocenters. The third-order valence-electron chi connectivity index (χ3n) is 2.96. The van der Waals surface area contributed by atoms with Crippen LogP contribution in [0.4, 0.5) is 0 Å². The molecular formula is C14H19N3O2S. The van der Waals surface area contributed by atoms with Crippen molar-refractivity contribution in [2.24, 2.45) is 0 Å². The number of aromatic amines is 1. The van der Waals surface area contributed by atoms with E-state index in [1.165, 1.54) is 0 Å². The lowest BCUT2D eigenvalue weighted by Gasteiger charge is -2.02. The lowest BCUT2D eigenvalue weighted by Crippen LogP contribution is -2.26. The third kappa shape index (κ3) is 3.90. The van der Waals surface area contributed by atoms with Crippen LogP contribution in [0, 0.1) is 0 Å². The maximum absolute atomic E-state index is 11.5. The molecule has 0 spiro atoms. The molecule has 2 rings (SSSR count). The molecule has 1 aromatic heterocycles. The van der Waals surface area contributed by atoms with Gasteiger partial charge in [0.15, 0.2) is 0 Å². The third-order valence-corrected chi connectivity index (χ3v) is 3.57. The van der Waals surface area contributed by atoms with E-state index < -0.39 is 0 Å². The molecular weight excluding hydrogens is 274 g/mol. The molecule has 0 aliphatic rings. The lowest BCUT2D eigenvalue weighted by atomic mass is 10.3. The molecule has 2 N–H and O–H groups in total. The molecule has 0 saturated carbocycles. The highest BCUT2D eigenvalue weighted by Crippen LogP contribution is 2.18. The van der Waals surface area contributed by atoms with Gasteiger partial charge in [-0.25, -0.2) is 4.98 Å². The first-order valence-corrected chi connectivity index (χ1v) is 7.90. The van der Waals surface area contributed by atoms with Gasteiger partial charge in [-0.05, 0) is 18.4 Å². The fraction of sp³-hybridized carbons (Fsp3) is 0.429. The van der Waals surface area contributed by atoms with Crippen LogP contribution in [0.5, 0.6) is 5.75 Å². The van der Waals surface area contributed by atoms with E-state index in [0.717, 1.165) is 28.4 Å². The Morgan fingerprint density at radius 1 is 1.50 bits per heavy atom. The van der Waals surface area contributed by atoms with E-state index in [4.69, 9.17) is 4.74 Å². The number of rotatable bonds is 7. The molecule has 0 unspecified atom stereocenters. The van der Waals surface area contributed by atoms with Crippen LogP contribution in [0.1, 0.15) is 12.2 Å². The number of fused-ring (bicyclic) bond motifs is 1. The molecule has 0 bridgehead atoms. The van der Waals surface area contributed by atoms with Gasteiger partial charge in [0.2, 0.25) is 5.91 Å². The zero-order valence-corrected chi connectivity index (χ0v) is 12.5. The number of hydrogen-bond acceptors (Lipinski definition) is 4. The smallest absolute Gasteiger partial charge is 0.220 e. The second kappa shape index (κ2) is 7.19. The van der Waals surface area contributed by atoms with Gasteiger partial charge in [-0.1, -0.05) is 0 Å². The van der Waals surface area contributed by atoms with E-state index in [0.29, 0.717) is 19.4 Å². The van der Waals surface area contributed by atoms with E-state index in [1.807, 2.05) is 24.5 Å². The van der Waals surface area contributed by atoms with Gasteiger partial charge in [-0.2, -0.15) is 11.8 Å². The summed E-state index contributed by atoms with van der Waals surface area (Å²) in [7, 11) is 1.64. The number of nitrogens with zero attached hydrogens (tertiary/aromatic N) is 1. The summed E-state index contributed by atoms with van der Waals surface area (Å²) in [5.41, 5.74) is 1.86. The average molecular weight is 293 g/mol. The molecule has 0 aliphatic carbocycles. The predicted molar refractivity (Wildman–Crippen MR) is 82.4 cm³/mol. The Morgan fingerprint density at radius 2 is 2.35 bits per heavy atom. The minimum atomic E-state index is 0.0946. The SMILES string of the molecule is COc1ccc2nc(CCNC(=O)CCSC)[nH]c2c1. The molecule has 0 radical (unpaired) electrons. The molecule has 20 heavy (non-hydrogen) atoms. The van der Waals surface area contributed by atoms with E-state index in [-0.39, 0.29) is 5.91 Å². The fourth-order valence-corrected chi connectivity index (χ4v) is 2.28. The molecule has 0 saturated heterocycles. The van der Waals surface area contributed by atoms with Gasteiger partial charge in [0, 0.05) is 31.2 Å². The molecule has 2 aromatic rings. The van der Waals surface area contributed by atoms with Crippen molar-refractivity contribution < 1.29 is 9.53 Å². The summed E-state index contributed by atoms with van der Waals surface area (Å²) in [4.78, 5) is 19.2. The van der Waals surface area contributed by atoms with Crippen molar-refractivity contribution in [3.05, 3.63) is 24.0 Å². The van der Waals surface area contributed by atoms with Crippen LogP contribution in [-0.4, -0.2) is 41.5 Å². The normalized spacial score (nSPS) is 10.7. The number of benzene rings is 1. The van der Waals surface area contributed by atoms with Gasteiger partial charge in [0.25, 0.3) is 0 Å². The Kier molecular flexibility index (Phi) is 5.29. The van der Waals surface area contributed by atoms with Crippen LogP contribution in [0.15, 0.2) is 18.2 Å². The van der Waals surface area contributed by atoms with Crippen LogP contribution in [0.3, 0.4) is 0 Å². The van der Waals surface area contributed by atoms with Crippen LogP contribution in [0.25, 0.3) is 11.0 Å². The number of amides is 1. The maximum Gasteiger partial charge on any atom is 0.220 e. The molecule has 0 fully saturated rings. The van der Waals surface area contributed by atoms with Gasteiger partial charge in [0.05, 0.1) is 18.1 Å². The van der Waals surface area contributed by atoms with Crippen LogP contribution < -0.4 is 10.1 Å². The van der Waals surface area contributed by atoms with Crippen LogP contribution in [-0.2, 0) is 11.2 Å². The minimum Gasteiger partial charge on any atom is -0.497 e. The van der Waals surface area contributed by atoms with E-state index in [9.17, 15) is 4.79 Å². The molecule has 1 heterocycles. The van der Waals surface area contributed by atoms with Crippen molar-refractivity contribution in [3.63, 3.8) is 0 Å². The molecule has 5 nitrogen and oxygen atoms in total. The molecule has 0 aliphatic heterocycles. The van der Waals surface area contributed by atoms with Crippen molar-refractivity contribution in [1.82, 2.24) is 15.3 Å². The standard InChI is InChI=1S/C14H19N3O2S/c1-19-10-3-4-11-12(9-10)17-13(16-11)5-7-15-14(18)6-8-20-2/h3-4,9H,5-8H2,1-2H3,(H,15,18)(H,16,17). The number of carbonyl (C=O) groups excluding carboxylic acids is 1. The number of nitrogens with one attached hydrogen (secondary N) is 2. The predicted octanol–water partition coefficient (Wildman–Crippen LogP) is 1.98. The Labute approximate surface area is 122 Å². The van der Waals surface area contributed by atoms with Gasteiger partial charge < -0.3 is 15.0 Å². The van der Waals surface area contributed by atoms with Gasteiger partial charge in [-0.3, -0.25) is 4.79 Å². The topological polar surface area (TPSA) is 67.0 Å². The highest BCUT2D eigenvalue weighted by Gasteiger charge is 2.05. The number of imidazole rings is 1. The first-order valence-electron chi connectivity index (χ1n) is 6.51. The van der Waals surface area contributed by atoms with Crippen molar-refractivity contribution in [2.45, 2.75) is 12.8 Å². The number of aromatic nitrogens is 2. The summed E-state index contributed by atoms with van der Waals surface area (Å²) in [6.07, 6.45) is 3.26. The van der Waals surface area contributed by atoms with Crippen molar-refractivity contribution in [2.75, 3.05) is 25.7 Å². The summed E-state index contributed by atoms with van der Waals surface area (Å²) in [5, 5.41) is 2.90. The zero-order valence-electron chi connectivity index (χ0n) is 11.7. The molecule has 1 aromatic carbocycles. The molecule has 6 heteroatoms. The van der Waals surface area contributed by atoms with E-state index in [1.54, 1.807) is 18.9 Å². The van der Waals surface area contributed by atoms with E-state index in [2.05, 4.69) is 15.3 Å². The van der Waals surface area contributed by atoms with Gasteiger partial charge >= 0.3 is 0 Å². The number of hydrogen-bond donors (Lipinski definition) is 2. The number of methoxy groups -OCH3 is 1. The van der Waals surface area contributed by atoms with Gasteiger partial charge in [0.1, 0.15) is 11.6 Å². The van der Waals surface area contributed by atoms with Crippen LogP contribution >= 0.6 is 11.8 Å². The second-order valence-corrected chi connectivity index (χ2v) is 5.39. The summed E-state index contributed by atoms with van der Waals surface area (Å²) < 4.78 is 5.17. The van der Waals surface area contributed by atoms with Crippen LogP contribution in [0.2, 0.25) is 0 Å². The van der Waals surface area contributed by atoms with Crippen molar-refractivity contribution in [3.8, 4) is 5.75 Å². The Balaban J connectivity index is 1.88. The first-order chi connectivity index (χ1) is 9.72. The lowest BCUT2D eigenvalue weighted by molar-refractivity contribution is -0.120. The number of carbonyl (C=O) groups is 1. The second-order valence-electron chi connectivity index (χ2n) is 4.41.